The summed E-state index contributed by atoms with van der Waals surface area (Å²) in [6.07, 6.45) is 1.39. The minimum Gasteiger partial charge on any atom is -0.467 e. The van der Waals surface area contributed by atoms with E-state index in [0.717, 1.165) is 10.2 Å². The number of amides is 1. The third kappa shape index (κ3) is 3.47. The van der Waals surface area contributed by atoms with E-state index in [-0.39, 0.29) is 29.6 Å². The predicted octanol–water partition coefficient (Wildman–Crippen LogP) is 3.52. The first kappa shape index (κ1) is 16.6. The van der Waals surface area contributed by atoms with Crippen molar-refractivity contribution in [1.82, 2.24) is 14.9 Å². The maximum atomic E-state index is 13.8. The lowest BCUT2D eigenvalue weighted by atomic mass is 10.2. The monoisotopic (exact) mass is 365 g/mol. The Balaban J connectivity index is 1.65. The van der Waals surface area contributed by atoms with E-state index in [0.29, 0.717) is 5.88 Å². The molecule has 0 aliphatic heterocycles. The van der Waals surface area contributed by atoms with Crippen LogP contribution in [0.5, 0.6) is 5.88 Å². The minimum atomic E-state index is -0.446. The van der Waals surface area contributed by atoms with E-state index in [1.165, 1.54) is 34.7 Å². The van der Waals surface area contributed by atoms with Crippen molar-refractivity contribution < 1.29 is 13.9 Å². The number of likely N-dealkylation sites (N-methyl/N-ethyl adjacent to an activating group) is 1. The lowest BCUT2D eigenvalue weighted by Gasteiger charge is -2.18. The highest BCUT2D eigenvalue weighted by atomic mass is 35.5. The molecule has 0 spiro atoms. The molecule has 0 saturated heterocycles. The first-order valence-electron chi connectivity index (χ1n) is 7.04. The first-order valence-corrected chi connectivity index (χ1v) is 8.30. The van der Waals surface area contributed by atoms with Crippen LogP contribution in [0.25, 0.3) is 10.2 Å². The summed E-state index contributed by atoms with van der Waals surface area (Å²) >= 11 is 7.44. The topological polar surface area (TPSA) is 55.3 Å². The SMILES string of the molecule is CN(Cc1c(F)cccc1Cl)C(=O)COc1ncnc2sccc12. The molecule has 0 atom stereocenters. The zero-order chi connectivity index (χ0) is 17.1. The summed E-state index contributed by atoms with van der Waals surface area (Å²) in [5, 5.41) is 2.92. The lowest BCUT2D eigenvalue weighted by Crippen LogP contribution is -2.31. The molecule has 0 fully saturated rings. The Morgan fingerprint density at radius 2 is 2.21 bits per heavy atom. The van der Waals surface area contributed by atoms with Crippen molar-refractivity contribution in [3.05, 3.63) is 52.4 Å². The van der Waals surface area contributed by atoms with Gasteiger partial charge < -0.3 is 9.64 Å². The Bertz CT molecular complexity index is 866. The van der Waals surface area contributed by atoms with Gasteiger partial charge in [0, 0.05) is 24.2 Å². The summed E-state index contributed by atoms with van der Waals surface area (Å²) in [7, 11) is 1.56. The summed E-state index contributed by atoms with van der Waals surface area (Å²) in [4.78, 5) is 22.5. The van der Waals surface area contributed by atoms with Gasteiger partial charge in [0.05, 0.1) is 5.39 Å². The molecule has 5 nitrogen and oxygen atoms in total. The van der Waals surface area contributed by atoms with Crippen LogP contribution in [-0.4, -0.2) is 34.4 Å². The number of rotatable bonds is 5. The number of fused-ring (bicyclic) bond motifs is 1. The summed E-state index contributed by atoms with van der Waals surface area (Å²) in [5.74, 6) is -0.401. The number of hydrogen-bond acceptors (Lipinski definition) is 5. The Hall–Kier alpha value is -2.25. The van der Waals surface area contributed by atoms with Crippen LogP contribution in [-0.2, 0) is 11.3 Å². The second kappa shape index (κ2) is 7.11. The third-order valence-electron chi connectivity index (χ3n) is 3.44. The highest BCUT2D eigenvalue weighted by molar-refractivity contribution is 7.16. The zero-order valence-corrected chi connectivity index (χ0v) is 14.3. The highest BCUT2D eigenvalue weighted by Crippen LogP contribution is 2.25. The summed E-state index contributed by atoms with van der Waals surface area (Å²) in [6, 6.07) is 6.25. The maximum Gasteiger partial charge on any atom is 0.260 e. The van der Waals surface area contributed by atoms with Crippen molar-refractivity contribution in [1.29, 1.82) is 0 Å². The molecule has 0 aliphatic carbocycles. The molecule has 124 valence electrons. The Labute approximate surface area is 146 Å². The molecular weight excluding hydrogens is 353 g/mol. The lowest BCUT2D eigenvalue weighted by molar-refractivity contribution is -0.132. The van der Waals surface area contributed by atoms with Gasteiger partial charge in [-0.25, -0.2) is 14.4 Å². The molecule has 3 aromatic rings. The number of thiophene rings is 1. The van der Waals surface area contributed by atoms with Crippen LogP contribution < -0.4 is 4.74 Å². The van der Waals surface area contributed by atoms with Crippen molar-refractivity contribution in [2.75, 3.05) is 13.7 Å². The van der Waals surface area contributed by atoms with Crippen LogP contribution >= 0.6 is 22.9 Å². The normalized spacial score (nSPS) is 10.8. The van der Waals surface area contributed by atoms with Gasteiger partial charge in [0.1, 0.15) is 17.0 Å². The summed E-state index contributed by atoms with van der Waals surface area (Å²) < 4.78 is 19.3. The van der Waals surface area contributed by atoms with Crippen LogP contribution in [0.3, 0.4) is 0 Å². The van der Waals surface area contributed by atoms with Crippen LogP contribution in [0.4, 0.5) is 4.39 Å². The van der Waals surface area contributed by atoms with E-state index < -0.39 is 5.82 Å². The molecule has 8 heteroatoms. The van der Waals surface area contributed by atoms with Gasteiger partial charge in [-0.2, -0.15) is 0 Å². The molecule has 2 aromatic heterocycles. The van der Waals surface area contributed by atoms with E-state index in [2.05, 4.69) is 9.97 Å². The van der Waals surface area contributed by atoms with E-state index in [1.54, 1.807) is 13.1 Å². The Morgan fingerprint density at radius 1 is 1.38 bits per heavy atom. The number of hydrogen-bond donors (Lipinski definition) is 0. The molecule has 0 saturated carbocycles. The third-order valence-corrected chi connectivity index (χ3v) is 4.62. The Morgan fingerprint density at radius 3 is 3.00 bits per heavy atom. The molecule has 0 bridgehead atoms. The van der Waals surface area contributed by atoms with E-state index in [1.807, 2.05) is 11.4 Å². The quantitative estimate of drug-likeness (QED) is 0.694. The molecule has 0 N–H and O–H groups in total. The van der Waals surface area contributed by atoms with Gasteiger partial charge in [-0.05, 0) is 23.6 Å². The molecule has 0 aliphatic rings. The smallest absolute Gasteiger partial charge is 0.260 e. The van der Waals surface area contributed by atoms with Crippen LogP contribution in [0.2, 0.25) is 5.02 Å². The van der Waals surface area contributed by atoms with E-state index in [4.69, 9.17) is 16.3 Å². The summed E-state index contributed by atoms with van der Waals surface area (Å²) in [5.41, 5.74) is 0.275. The molecule has 0 unspecified atom stereocenters. The van der Waals surface area contributed by atoms with Gasteiger partial charge in [-0.15, -0.1) is 11.3 Å². The van der Waals surface area contributed by atoms with Crippen molar-refractivity contribution in [2.45, 2.75) is 6.54 Å². The molecule has 0 radical (unpaired) electrons. The van der Waals surface area contributed by atoms with Crippen LogP contribution in [0, 0.1) is 5.82 Å². The van der Waals surface area contributed by atoms with Crippen molar-refractivity contribution in [2.24, 2.45) is 0 Å². The summed E-state index contributed by atoms with van der Waals surface area (Å²) in [6.45, 7) is -0.143. The number of aromatic nitrogens is 2. The number of benzene rings is 1. The highest BCUT2D eigenvalue weighted by Gasteiger charge is 2.16. The van der Waals surface area contributed by atoms with Gasteiger partial charge >= 0.3 is 0 Å². The van der Waals surface area contributed by atoms with Crippen molar-refractivity contribution in [3.63, 3.8) is 0 Å². The van der Waals surface area contributed by atoms with Gasteiger partial charge in [-0.3, -0.25) is 4.79 Å². The predicted molar refractivity (Wildman–Crippen MR) is 90.8 cm³/mol. The van der Waals surface area contributed by atoms with Gasteiger partial charge in [-0.1, -0.05) is 17.7 Å². The number of ether oxygens (including phenoxy) is 1. The molecule has 3 rings (SSSR count). The second-order valence-electron chi connectivity index (χ2n) is 5.06. The van der Waals surface area contributed by atoms with E-state index >= 15 is 0 Å². The fourth-order valence-electron chi connectivity index (χ4n) is 2.13. The second-order valence-corrected chi connectivity index (χ2v) is 6.36. The number of carbonyl (C=O) groups is 1. The maximum absolute atomic E-state index is 13.8. The molecule has 2 heterocycles. The molecule has 1 amide bonds. The zero-order valence-electron chi connectivity index (χ0n) is 12.7. The average molecular weight is 366 g/mol. The van der Waals surface area contributed by atoms with Gasteiger partial charge in [0.15, 0.2) is 6.61 Å². The van der Waals surface area contributed by atoms with Crippen molar-refractivity contribution >= 4 is 39.1 Å². The number of halogens is 2. The Kier molecular flexibility index (Phi) is 4.92. The standard InChI is InChI=1S/C16H13ClFN3O2S/c1-21(7-11-12(17)3-2-4-13(11)18)14(22)8-23-15-10-5-6-24-16(10)20-9-19-15/h2-6,9H,7-8H2,1H3. The van der Waals surface area contributed by atoms with Crippen LogP contribution in [0.15, 0.2) is 36.0 Å². The first-order chi connectivity index (χ1) is 11.6. The van der Waals surface area contributed by atoms with Crippen molar-refractivity contribution in [3.8, 4) is 5.88 Å². The van der Waals surface area contributed by atoms with Gasteiger partial charge in [0.25, 0.3) is 5.91 Å². The minimum absolute atomic E-state index is 0.0608. The molecule has 1 aromatic carbocycles. The fraction of sp³-hybridized carbons (Fsp3) is 0.188. The van der Waals surface area contributed by atoms with Gasteiger partial charge in [0.2, 0.25) is 5.88 Å². The fourth-order valence-corrected chi connectivity index (χ4v) is 3.08. The average Bonchev–Trinajstić information content (AvgIpc) is 3.05. The molecule has 24 heavy (non-hydrogen) atoms. The van der Waals surface area contributed by atoms with E-state index in [9.17, 15) is 9.18 Å². The number of nitrogens with zero attached hydrogens (tertiary/aromatic N) is 3. The largest absolute Gasteiger partial charge is 0.467 e. The van der Waals surface area contributed by atoms with Crippen LogP contribution in [0.1, 0.15) is 5.56 Å². The number of carbonyl (C=O) groups excluding carboxylic acids is 1. The molecular formula is C16H13ClFN3O2S.